The summed E-state index contributed by atoms with van der Waals surface area (Å²) in [6.45, 7) is 1.68. The molecule has 2 heterocycles. The lowest BCUT2D eigenvalue weighted by Gasteiger charge is -2.01. The van der Waals surface area contributed by atoms with Gasteiger partial charge in [-0.3, -0.25) is 4.98 Å². The van der Waals surface area contributed by atoms with Gasteiger partial charge in [-0.2, -0.15) is 5.26 Å². The van der Waals surface area contributed by atoms with E-state index in [2.05, 4.69) is 15.0 Å². The van der Waals surface area contributed by atoms with Crippen LogP contribution in [0.4, 0.5) is 4.39 Å². The molecule has 78 valence electrons. The fourth-order valence-corrected chi connectivity index (χ4v) is 1.32. The average molecular weight is 214 g/mol. The van der Waals surface area contributed by atoms with Crippen LogP contribution in [-0.2, 0) is 0 Å². The van der Waals surface area contributed by atoms with Crippen LogP contribution >= 0.6 is 0 Å². The maximum absolute atomic E-state index is 13.0. The third-order valence-electron chi connectivity index (χ3n) is 1.95. The Balaban J connectivity index is 2.56. The first-order valence-electron chi connectivity index (χ1n) is 4.56. The second kappa shape index (κ2) is 4.03. The number of aromatic nitrogens is 3. The average Bonchev–Trinajstić information content (AvgIpc) is 2.28. The van der Waals surface area contributed by atoms with Crippen molar-refractivity contribution in [2.75, 3.05) is 0 Å². The highest BCUT2D eigenvalue weighted by Gasteiger charge is 2.05. The summed E-state index contributed by atoms with van der Waals surface area (Å²) < 4.78 is 13.0. The Morgan fingerprint density at radius 1 is 1.25 bits per heavy atom. The van der Waals surface area contributed by atoms with Crippen molar-refractivity contribution in [2.45, 2.75) is 6.92 Å². The smallest absolute Gasteiger partial charge is 0.144 e. The predicted octanol–water partition coefficient (Wildman–Crippen LogP) is 1.86. The van der Waals surface area contributed by atoms with Crippen LogP contribution in [0.3, 0.4) is 0 Å². The van der Waals surface area contributed by atoms with Crippen LogP contribution in [0.2, 0.25) is 0 Å². The lowest BCUT2D eigenvalue weighted by molar-refractivity contribution is 0.622. The van der Waals surface area contributed by atoms with Gasteiger partial charge in [0, 0.05) is 17.8 Å². The van der Waals surface area contributed by atoms with Gasteiger partial charge in [0.2, 0.25) is 0 Å². The number of pyridine rings is 1. The molecule has 16 heavy (non-hydrogen) atoms. The second-order valence-electron chi connectivity index (χ2n) is 3.19. The van der Waals surface area contributed by atoms with Crippen molar-refractivity contribution in [3.8, 4) is 17.3 Å². The molecule has 0 saturated carbocycles. The molecule has 0 saturated heterocycles. The summed E-state index contributed by atoms with van der Waals surface area (Å²) in [5.41, 5.74) is 1.28. The Hall–Kier alpha value is -2.35. The highest BCUT2D eigenvalue weighted by Crippen LogP contribution is 2.17. The monoisotopic (exact) mass is 214 g/mol. The molecule has 0 aliphatic heterocycles. The standard InChI is InChI=1S/C11H7FN4/c1-7-15-10(4-13)3-11(16-7)8-2-9(12)6-14-5-8/h2-3,5-6H,1H3. The molecule has 0 aromatic carbocycles. The molecular weight excluding hydrogens is 207 g/mol. The second-order valence-corrected chi connectivity index (χ2v) is 3.19. The molecule has 0 N–H and O–H groups in total. The largest absolute Gasteiger partial charge is 0.261 e. The summed E-state index contributed by atoms with van der Waals surface area (Å²) in [5.74, 6) is 0.0329. The number of rotatable bonds is 1. The van der Waals surface area contributed by atoms with Crippen molar-refractivity contribution < 1.29 is 4.39 Å². The van der Waals surface area contributed by atoms with Crippen molar-refractivity contribution in [1.29, 1.82) is 5.26 Å². The molecule has 0 spiro atoms. The first-order valence-corrected chi connectivity index (χ1v) is 4.56. The number of halogens is 1. The molecule has 5 heteroatoms. The van der Waals surface area contributed by atoms with Gasteiger partial charge in [-0.05, 0) is 13.0 Å². The van der Waals surface area contributed by atoms with Crippen molar-refractivity contribution in [2.24, 2.45) is 0 Å². The first-order chi connectivity index (χ1) is 7.69. The van der Waals surface area contributed by atoms with Crippen LogP contribution in [0.5, 0.6) is 0 Å². The van der Waals surface area contributed by atoms with E-state index in [9.17, 15) is 4.39 Å². The molecule has 4 nitrogen and oxygen atoms in total. The zero-order valence-corrected chi connectivity index (χ0v) is 8.48. The normalized spacial score (nSPS) is 9.81. The zero-order chi connectivity index (χ0) is 11.5. The van der Waals surface area contributed by atoms with Gasteiger partial charge in [-0.15, -0.1) is 0 Å². The molecule has 2 aromatic heterocycles. The third-order valence-corrected chi connectivity index (χ3v) is 1.95. The molecule has 0 aliphatic carbocycles. The Morgan fingerprint density at radius 3 is 2.75 bits per heavy atom. The van der Waals surface area contributed by atoms with E-state index < -0.39 is 5.82 Å². The van der Waals surface area contributed by atoms with Gasteiger partial charge in [-0.25, -0.2) is 14.4 Å². The van der Waals surface area contributed by atoms with Crippen molar-refractivity contribution in [3.63, 3.8) is 0 Å². The number of nitrogens with zero attached hydrogens (tertiary/aromatic N) is 4. The molecule has 0 aliphatic rings. The minimum absolute atomic E-state index is 0.256. The van der Waals surface area contributed by atoms with E-state index in [0.717, 1.165) is 6.20 Å². The Labute approximate surface area is 91.4 Å². The first kappa shape index (κ1) is 10.2. The molecule has 0 atom stereocenters. The highest BCUT2D eigenvalue weighted by molar-refractivity contribution is 5.58. The molecule has 2 rings (SSSR count). The number of aryl methyl sites for hydroxylation is 1. The number of hydrogen-bond donors (Lipinski definition) is 0. The molecule has 0 amide bonds. The lowest BCUT2D eigenvalue weighted by atomic mass is 10.2. The Kier molecular flexibility index (Phi) is 2.56. The predicted molar refractivity (Wildman–Crippen MR) is 54.7 cm³/mol. The molecule has 0 fully saturated rings. The van der Waals surface area contributed by atoms with Gasteiger partial charge in [0.15, 0.2) is 0 Å². The van der Waals surface area contributed by atoms with E-state index in [1.807, 2.05) is 6.07 Å². The zero-order valence-electron chi connectivity index (χ0n) is 8.48. The van der Waals surface area contributed by atoms with E-state index in [-0.39, 0.29) is 5.69 Å². The SMILES string of the molecule is Cc1nc(C#N)cc(-c2cncc(F)c2)n1. The Bertz CT molecular complexity index is 574. The minimum atomic E-state index is -0.438. The topological polar surface area (TPSA) is 62.5 Å². The molecule has 0 radical (unpaired) electrons. The highest BCUT2D eigenvalue weighted by atomic mass is 19.1. The van der Waals surface area contributed by atoms with E-state index >= 15 is 0 Å². The summed E-state index contributed by atoms with van der Waals surface area (Å²) in [6.07, 6.45) is 2.61. The fraction of sp³-hybridized carbons (Fsp3) is 0.0909. The van der Waals surface area contributed by atoms with Gasteiger partial charge >= 0.3 is 0 Å². The fourth-order valence-electron chi connectivity index (χ4n) is 1.32. The lowest BCUT2D eigenvalue weighted by Crippen LogP contribution is -1.95. The van der Waals surface area contributed by atoms with Crippen LogP contribution in [0.1, 0.15) is 11.5 Å². The van der Waals surface area contributed by atoms with Crippen LogP contribution in [0.25, 0.3) is 11.3 Å². The molecule has 0 unspecified atom stereocenters. The molecule has 2 aromatic rings. The minimum Gasteiger partial charge on any atom is -0.261 e. The van der Waals surface area contributed by atoms with Gasteiger partial charge in [0.05, 0.1) is 11.9 Å². The summed E-state index contributed by atoms with van der Waals surface area (Å²) in [6, 6.07) is 4.75. The number of hydrogen-bond acceptors (Lipinski definition) is 4. The third kappa shape index (κ3) is 2.01. The van der Waals surface area contributed by atoms with E-state index in [4.69, 9.17) is 5.26 Å². The van der Waals surface area contributed by atoms with E-state index in [0.29, 0.717) is 17.1 Å². The van der Waals surface area contributed by atoms with Crippen LogP contribution in [0.15, 0.2) is 24.5 Å². The van der Waals surface area contributed by atoms with Gasteiger partial charge < -0.3 is 0 Å². The van der Waals surface area contributed by atoms with E-state index in [1.54, 1.807) is 6.92 Å². The maximum Gasteiger partial charge on any atom is 0.144 e. The van der Waals surface area contributed by atoms with Crippen molar-refractivity contribution in [3.05, 3.63) is 41.9 Å². The molecular formula is C11H7FN4. The Morgan fingerprint density at radius 2 is 2.06 bits per heavy atom. The van der Waals surface area contributed by atoms with Crippen LogP contribution in [-0.4, -0.2) is 15.0 Å². The van der Waals surface area contributed by atoms with Crippen LogP contribution in [0, 0.1) is 24.1 Å². The van der Waals surface area contributed by atoms with Crippen LogP contribution < -0.4 is 0 Å². The van der Waals surface area contributed by atoms with Crippen molar-refractivity contribution >= 4 is 0 Å². The summed E-state index contributed by atoms with van der Waals surface area (Å²) in [7, 11) is 0. The van der Waals surface area contributed by atoms with E-state index in [1.165, 1.54) is 18.3 Å². The summed E-state index contributed by atoms with van der Waals surface area (Å²) in [5, 5.41) is 8.76. The summed E-state index contributed by atoms with van der Waals surface area (Å²) in [4.78, 5) is 11.8. The van der Waals surface area contributed by atoms with Gasteiger partial charge in [0.1, 0.15) is 23.4 Å². The summed E-state index contributed by atoms with van der Waals surface area (Å²) >= 11 is 0. The van der Waals surface area contributed by atoms with Crippen molar-refractivity contribution in [1.82, 2.24) is 15.0 Å². The number of nitriles is 1. The molecule has 0 bridgehead atoms. The maximum atomic E-state index is 13.0. The quantitative estimate of drug-likeness (QED) is 0.726. The van der Waals surface area contributed by atoms with Gasteiger partial charge in [0.25, 0.3) is 0 Å². The van der Waals surface area contributed by atoms with Gasteiger partial charge in [-0.1, -0.05) is 0 Å².